The molecule has 0 N–H and O–H groups in total. The molecule has 2 aromatic heterocycles. The summed E-state index contributed by atoms with van der Waals surface area (Å²) in [5.74, 6) is 2.74. The highest BCUT2D eigenvalue weighted by molar-refractivity contribution is 8.00. The highest BCUT2D eigenvalue weighted by Gasteiger charge is 2.32. The van der Waals surface area contributed by atoms with Gasteiger partial charge in [-0.1, -0.05) is 31.7 Å². The maximum Gasteiger partial charge on any atom is 0.173 e. The minimum atomic E-state index is -0.476. The fourth-order valence-electron chi connectivity index (χ4n) is 4.95. The number of halogens is 1. The maximum atomic E-state index is 14.0. The summed E-state index contributed by atoms with van der Waals surface area (Å²) in [5, 5.41) is 0.787. The molecular weight excluding hydrogens is 563 g/mol. The number of aryl methyl sites for hydroxylation is 1. The molecule has 0 aliphatic carbocycles. The van der Waals surface area contributed by atoms with Crippen molar-refractivity contribution in [2.75, 3.05) is 20.8 Å². The molecule has 3 aromatic carbocycles. The molecule has 0 aliphatic rings. The van der Waals surface area contributed by atoms with Crippen molar-refractivity contribution < 1.29 is 18.6 Å². The summed E-state index contributed by atoms with van der Waals surface area (Å²) in [6.07, 6.45) is 5.63. The second-order valence-corrected chi connectivity index (χ2v) is 13.1. The number of methoxy groups -OCH3 is 2. The third-order valence-corrected chi connectivity index (χ3v) is 8.60. The van der Waals surface area contributed by atoms with Crippen LogP contribution in [0.1, 0.15) is 44.8 Å². The van der Waals surface area contributed by atoms with Crippen LogP contribution in [0.2, 0.25) is 0 Å². The molecular formula is C34H37FN4O3S. The van der Waals surface area contributed by atoms with Crippen LogP contribution in [0.15, 0.2) is 90.5 Å². The van der Waals surface area contributed by atoms with Crippen LogP contribution in [0, 0.1) is 12.7 Å². The molecule has 0 unspecified atom stereocenters. The van der Waals surface area contributed by atoms with Gasteiger partial charge in [-0.05, 0) is 87.0 Å². The van der Waals surface area contributed by atoms with Crippen LogP contribution >= 0.6 is 11.8 Å². The van der Waals surface area contributed by atoms with Gasteiger partial charge in [0.05, 0.1) is 30.9 Å². The standard InChI is InChI=1S/C34H37FN4O3S/c1-23-36-18-19-38(23)26-13-15-28(16-14-26)42-22-33(2,3)43-32-37-21-31(39(32)27-11-9-25(35)10-12-27)34(4,5)24-8-17-29(40-6)30(20-24)41-7/h8-21H,22H2,1-7H3. The Morgan fingerprint density at radius 1 is 0.837 bits per heavy atom. The van der Waals surface area contributed by atoms with Crippen molar-refractivity contribution in [3.8, 4) is 28.6 Å². The van der Waals surface area contributed by atoms with Gasteiger partial charge in [0.15, 0.2) is 16.7 Å². The predicted octanol–water partition coefficient (Wildman–Crippen LogP) is 7.80. The van der Waals surface area contributed by atoms with Gasteiger partial charge in [0, 0.05) is 29.2 Å². The monoisotopic (exact) mass is 600 g/mol. The first-order valence-electron chi connectivity index (χ1n) is 14.0. The number of thioether (sulfide) groups is 1. The number of rotatable bonds is 11. The Morgan fingerprint density at radius 2 is 1.51 bits per heavy atom. The molecule has 5 aromatic rings. The molecule has 0 saturated heterocycles. The van der Waals surface area contributed by atoms with Gasteiger partial charge in [0.2, 0.25) is 0 Å². The first kappa shape index (κ1) is 30.2. The molecule has 0 spiro atoms. The fraction of sp³-hybridized carbons (Fsp3) is 0.294. The smallest absolute Gasteiger partial charge is 0.173 e. The van der Waals surface area contributed by atoms with Crippen LogP contribution in [-0.4, -0.2) is 44.7 Å². The van der Waals surface area contributed by atoms with Crippen LogP contribution in [0.4, 0.5) is 4.39 Å². The van der Waals surface area contributed by atoms with Crippen LogP contribution in [0.5, 0.6) is 17.2 Å². The second kappa shape index (κ2) is 12.2. The van der Waals surface area contributed by atoms with Crippen LogP contribution in [0.25, 0.3) is 11.4 Å². The summed E-state index contributed by atoms with van der Waals surface area (Å²) >= 11 is 1.62. The SMILES string of the molecule is COc1ccc(C(C)(C)c2cnc(SC(C)(C)COc3ccc(-n4ccnc4C)cc3)n2-c2ccc(F)cc2)cc1OC. The van der Waals surface area contributed by atoms with Crippen molar-refractivity contribution in [1.29, 1.82) is 0 Å². The zero-order valence-corrected chi connectivity index (χ0v) is 26.4. The lowest BCUT2D eigenvalue weighted by molar-refractivity contribution is 0.287. The van der Waals surface area contributed by atoms with E-state index < -0.39 is 5.41 Å². The number of hydrogen-bond acceptors (Lipinski definition) is 6. The van der Waals surface area contributed by atoms with Crippen molar-refractivity contribution >= 4 is 11.8 Å². The first-order valence-corrected chi connectivity index (χ1v) is 14.8. The van der Waals surface area contributed by atoms with E-state index in [2.05, 4.69) is 37.2 Å². The zero-order valence-electron chi connectivity index (χ0n) is 25.6. The molecule has 9 heteroatoms. The summed E-state index contributed by atoms with van der Waals surface area (Å²) in [6, 6.07) is 20.4. The fourth-order valence-corrected chi connectivity index (χ4v) is 5.96. The molecule has 0 atom stereocenters. The molecule has 224 valence electrons. The van der Waals surface area contributed by atoms with E-state index >= 15 is 0 Å². The molecule has 0 amide bonds. The lowest BCUT2D eigenvalue weighted by Crippen LogP contribution is -2.26. The van der Waals surface area contributed by atoms with Gasteiger partial charge in [0.25, 0.3) is 0 Å². The van der Waals surface area contributed by atoms with Gasteiger partial charge < -0.3 is 18.8 Å². The number of benzene rings is 3. The Bertz CT molecular complexity index is 1690. The molecule has 0 fully saturated rings. The highest BCUT2D eigenvalue weighted by Crippen LogP contribution is 2.41. The van der Waals surface area contributed by atoms with Crippen molar-refractivity contribution in [3.05, 3.63) is 108 Å². The van der Waals surface area contributed by atoms with E-state index in [4.69, 9.17) is 19.2 Å². The largest absolute Gasteiger partial charge is 0.493 e. The Hall–Kier alpha value is -4.24. The summed E-state index contributed by atoms with van der Waals surface area (Å²) in [6.45, 7) is 11.0. The summed E-state index contributed by atoms with van der Waals surface area (Å²) < 4.78 is 35.0. The van der Waals surface area contributed by atoms with Gasteiger partial charge >= 0.3 is 0 Å². The molecule has 43 heavy (non-hydrogen) atoms. The Labute approximate surface area is 256 Å². The molecule has 5 rings (SSSR count). The molecule has 0 saturated carbocycles. The van der Waals surface area contributed by atoms with E-state index in [9.17, 15) is 4.39 Å². The molecule has 0 bridgehead atoms. The maximum absolute atomic E-state index is 14.0. The van der Waals surface area contributed by atoms with E-state index in [0.717, 1.165) is 39.4 Å². The van der Waals surface area contributed by atoms with Gasteiger partial charge in [-0.15, -0.1) is 0 Å². The lowest BCUT2D eigenvalue weighted by Gasteiger charge is -2.29. The van der Waals surface area contributed by atoms with E-state index in [-0.39, 0.29) is 10.6 Å². The van der Waals surface area contributed by atoms with Crippen molar-refractivity contribution in [2.24, 2.45) is 0 Å². The molecule has 7 nitrogen and oxygen atoms in total. The minimum absolute atomic E-state index is 0.290. The average Bonchev–Trinajstić information content (AvgIpc) is 3.62. The van der Waals surface area contributed by atoms with Crippen LogP contribution in [0.3, 0.4) is 0 Å². The van der Waals surface area contributed by atoms with Gasteiger partial charge in [0.1, 0.15) is 24.0 Å². The van der Waals surface area contributed by atoms with Gasteiger partial charge in [-0.3, -0.25) is 4.57 Å². The summed E-state index contributed by atoms with van der Waals surface area (Å²) in [5.41, 5.74) is 3.36. The normalized spacial score (nSPS) is 11.9. The van der Waals surface area contributed by atoms with E-state index in [1.54, 1.807) is 44.3 Å². The Morgan fingerprint density at radius 3 is 2.14 bits per heavy atom. The van der Waals surface area contributed by atoms with Gasteiger partial charge in [-0.2, -0.15) is 0 Å². The van der Waals surface area contributed by atoms with E-state index in [1.165, 1.54) is 12.1 Å². The molecule has 2 heterocycles. The number of imidazole rings is 2. The number of aromatic nitrogens is 4. The summed E-state index contributed by atoms with van der Waals surface area (Å²) in [7, 11) is 3.25. The van der Waals surface area contributed by atoms with Crippen molar-refractivity contribution in [3.63, 3.8) is 0 Å². The number of hydrogen-bond donors (Lipinski definition) is 0. The van der Waals surface area contributed by atoms with E-state index in [1.807, 2.05) is 66.3 Å². The minimum Gasteiger partial charge on any atom is -0.493 e. The Kier molecular flexibility index (Phi) is 8.55. The number of nitrogens with zero attached hydrogens (tertiary/aromatic N) is 4. The zero-order chi connectivity index (χ0) is 30.8. The topological polar surface area (TPSA) is 63.3 Å². The van der Waals surface area contributed by atoms with Crippen LogP contribution in [-0.2, 0) is 5.41 Å². The highest BCUT2D eigenvalue weighted by atomic mass is 32.2. The number of ether oxygens (including phenoxy) is 3. The van der Waals surface area contributed by atoms with Crippen molar-refractivity contribution in [2.45, 2.75) is 49.9 Å². The summed E-state index contributed by atoms with van der Waals surface area (Å²) in [4.78, 5) is 9.18. The first-order chi connectivity index (χ1) is 20.5. The van der Waals surface area contributed by atoms with Crippen LogP contribution < -0.4 is 14.2 Å². The lowest BCUT2D eigenvalue weighted by atomic mass is 9.81. The third kappa shape index (κ3) is 6.41. The molecule has 0 aliphatic heterocycles. The van der Waals surface area contributed by atoms with Crippen molar-refractivity contribution in [1.82, 2.24) is 19.1 Å². The molecule has 0 radical (unpaired) electrons. The van der Waals surface area contributed by atoms with Gasteiger partial charge in [-0.25, -0.2) is 14.4 Å². The average molecular weight is 601 g/mol. The van der Waals surface area contributed by atoms with E-state index in [0.29, 0.717) is 18.1 Å². The second-order valence-electron chi connectivity index (χ2n) is 11.4. The predicted molar refractivity (Wildman–Crippen MR) is 169 cm³/mol. The quantitative estimate of drug-likeness (QED) is 0.144. The Balaban J connectivity index is 1.43. The third-order valence-electron chi connectivity index (χ3n) is 7.45.